The lowest BCUT2D eigenvalue weighted by Gasteiger charge is -2.29. The smallest absolute Gasteiger partial charge is 0.0506 e. The van der Waals surface area contributed by atoms with Gasteiger partial charge < -0.3 is 10.1 Å². The maximum absolute atomic E-state index is 5.39. The Morgan fingerprint density at radius 2 is 2.64 bits per heavy atom. The Morgan fingerprint density at radius 1 is 1.71 bits per heavy atom. The van der Waals surface area contributed by atoms with E-state index in [4.69, 9.17) is 4.74 Å². The van der Waals surface area contributed by atoms with Crippen LogP contribution in [0.3, 0.4) is 0 Å². The van der Waals surface area contributed by atoms with Crippen molar-refractivity contribution in [2.45, 2.75) is 25.9 Å². The maximum Gasteiger partial charge on any atom is 0.0506 e. The van der Waals surface area contributed by atoms with Gasteiger partial charge in [0.05, 0.1) is 6.61 Å². The van der Waals surface area contributed by atoms with E-state index in [1.54, 1.807) is 6.20 Å². The van der Waals surface area contributed by atoms with Gasteiger partial charge in [0.15, 0.2) is 0 Å². The molecule has 78 valence electrons. The van der Waals surface area contributed by atoms with Crippen molar-refractivity contribution >= 4 is 0 Å². The topological polar surface area (TPSA) is 49.9 Å². The third-order valence-electron chi connectivity index (χ3n) is 2.75. The fraction of sp³-hybridized carbons (Fsp3) is 0.700. The van der Waals surface area contributed by atoms with Crippen LogP contribution in [0.5, 0.6) is 0 Å². The van der Waals surface area contributed by atoms with Crippen LogP contribution < -0.4 is 5.32 Å². The van der Waals surface area contributed by atoms with Gasteiger partial charge in [-0.3, -0.25) is 5.10 Å². The first-order chi connectivity index (χ1) is 6.86. The van der Waals surface area contributed by atoms with E-state index in [1.807, 2.05) is 6.07 Å². The Kier molecular flexibility index (Phi) is 3.16. The largest absolute Gasteiger partial charge is 0.381 e. The van der Waals surface area contributed by atoms with Crippen molar-refractivity contribution in [2.75, 3.05) is 13.2 Å². The molecule has 2 rings (SSSR count). The van der Waals surface area contributed by atoms with E-state index >= 15 is 0 Å². The average Bonchev–Trinajstić information content (AvgIpc) is 2.69. The molecule has 4 heteroatoms. The highest BCUT2D eigenvalue weighted by atomic mass is 16.5. The monoisotopic (exact) mass is 195 g/mol. The van der Waals surface area contributed by atoms with E-state index in [9.17, 15) is 0 Å². The normalized spacial score (nSPS) is 27.8. The number of hydrogen-bond donors (Lipinski definition) is 2. The summed E-state index contributed by atoms with van der Waals surface area (Å²) in [6.07, 6.45) is 2.89. The van der Waals surface area contributed by atoms with Gasteiger partial charge in [0.1, 0.15) is 0 Å². The molecule has 2 unspecified atom stereocenters. The van der Waals surface area contributed by atoms with Crippen molar-refractivity contribution in [3.05, 3.63) is 18.0 Å². The van der Waals surface area contributed by atoms with Crippen LogP contribution in [0, 0.1) is 5.92 Å². The quantitative estimate of drug-likeness (QED) is 0.754. The second kappa shape index (κ2) is 4.57. The van der Waals surface area contributed by atoms with Gasteiger partial charge in [-0.1, -0.05) is 6.92 Å². The van der Waals surface area contributed by atoms with Crippen LogP contribution in [0.2, 0.25) is 0 Å². The zero-order chi connectivity index (χ0) is 9.80. The van der Waals surface area contributed by atoms with Gasteiger partial charge >= 0.3 is 0 Å². The fourth-order valence-electron chi connectivity index (χ4n) is 1.81. The van der Waals surface area contributed by atoms with Gasteiger partial charge in [0.2, 0.25) is 0 Å². The lowest BCUT2D eigenvalue weighted by Crippen LogP contribution is -2.41. The van der Waals surface area contributed by atoms with E-state index in [0.29, 0.717) is 12.0 Å². The fourth-order valence-corrected chi connectivity index (χ4v) is 1.81. The summed E-state index contributed by atoms with van der Waals surface area (Å²) < 4.78 is 5.39. The predicted molar refractivity (Wildman–Crippen MR) is 53.8 cm³/mol. The number of H-pyrrole nitrogens is 1. The summed E-state index contributed by atoms with van der Waals surface area (Å²) in [5.41, 5.74) is 1.14. The van der Waals surface area contributed by atoms with Crippen molar-refractivity contribution in [3.8, 4) is 0 Å². The second-order valence-electron chi connectivity index (χ2n) is 3.91. The minimum absolute atomic E-state index is 0.576. The summed E-state index contributed by atoms with van der Waals surface area (Å²) in [6, 6.07) is 2.57. The average molecular weight is 195 g/mol. The van der Waals surface area contributed by atoms with Gasteiger partial charge in [-0.2, -0.15) is 5.10 Å². The van der Waals surface area contributed by atoms with Crippen LogP contribution >= 0.6 is 0 Å². The molecule has 1 aromatic rings. The molecule has 0 aromatic carbocycles. The molecule has 2 heterocycles. The number of ether oxygens (including phenoxy) is 1. The Hall–Kier alpha value is -0.870. The molecule has 0 spiro atoms. The Balaban J connectivity index is 1.79. The third kappa shape index (κ3) is 2.33. The van der Waals surface area contributed by atoms with Crippen LogP contribution in [0.1, 0.15) is 19.0 Å². The maximum atomic E-state index is 5.39. The molecule has 1 saturated heterocycles. The van der Waals surface area contributed by atoms with Crippen LogP contribution in [0.4, 0.5) is 0 Å². The van der Waals surface area contributed by atoms with E-state index in [1.165, 1.54) is 0 Å². The molecule has 1 aliphatic rings. The summed E-state index contributed by atoms with van der Waals surface area (Å²) in [7, 11) is 0. The summed E-state index contributed by atoms with van der Waals surface area (Å²) >= 11 is 0. The minimum atomic E-state index is 0.576. The van der Waals surface area contributed by atoms with E-state index in [0.717, 1.165) is 31.9 Å². The summed E-state index contributed by atoms with van der Waals surface area (Å²) in [5.74, 6) is 0.603. The first-order valence-electron chi connectivity index (χ1n) is 5.15. The second-order valence-corrected chi connectivity index (χ2v) is 3.91. The summed E-state index contributed by atoms with van der Waals surface area (Å²) in [6.45, 7) is 4.85. The molecule has 0 amide bonds. The van der Waals surface area contributed by atoms with Crippen molar-refractivity contribution < 1.29 is 4.74 Å². The minimum Gasteiger partial charge on any atom is -0.381 e. The highest BCUT2D eigenvalue weighted by molar-refractivity contribution is 4.97. The molecule has 0 bridgehead atoms. The van der Waals surface area contributed by atoms with Gasteiger partial charge in [-0.25, -0.2) is 0 Å². The molecule has 1 aromatic heterocycles. The lowest BCUT2D eigenvalue weighted by atomic mass is 9.98. The molecule has 14 heavy (non-hydrogen) atoms. The number of nitrogens with one attached hydrogen (secondary N) is 2. The van der Waals surface area contributed by atoms with Crippen molar-refractivity contribution in [3.63, 3.8) is 0 Å². The zero-order valence-corrected chi connectivity index (χ0v) is 8.49. The van der Waals surface area contributed by atoms with Crippen molar-refractivity contribution in [1.82, 2.24) is 15.5 Å². The Morgan fingerprint density at radius 3 is 3.36 bits per heavy atom. The molecule has 1 fully saturated rings. The van der Waals surface area contributed by atoms with Gasteiger partial charge in [-0.15, -0.1) is 0 Å². The summed E-state index contributed by atoms with van der Waals surface area (Å²) in [4.78, 5) is 0. The molecule has 0 aliphatic carbocycles. The van der Waals surface area contributed by atoms with Crippen LogP contribution in [0.15, 0.2) is 12.3 Å². The highest BCUT2D eigenvalue weighted by Gasteiger charge is 2.20. The Labute approximate surface area is 84.0 Å². The molecular formula is C10H17N3O. The first kappa shape index (κ1) is 9.68. The number of hydrogen-bond acceptors (Lipinski definition) is 3. The van der Waals surface area contributed by atoms with E-state index in [-0.39, 0.29) is 0 Å². The van der Waals surface area contributed by atoms with Crippen LogP contribution in [0.25, 0.3) is 0 Å². The van der Waals surface area contributed by atoms with Crippen molar-refractivity contribution in [1.29, 1.82) is 0 Å². The van der Waals surface area contributed by atoms with E-state index in [2.05, 4.69) is 22.4 Å². The Bertz CT molecular complexity index is 260. The first-order valence-corrected chi connectivity index (χ1v) is 5.15. The number of rotatable bonds is 3. The summed E-state index contributed by atoms with van der Waals surface area (Å²) in [5, 5.41) is 10.4. The predicted octanol–water partition coefficient (Wildman–Crippen LogP) is 0.924. The molecule has 0 radical (unpaired) electrons. The highest BCUT2D eigenvalue weighted by Crippen LogP contribution is 2.14. The van der Waals surface area contributed by atoms with Crippen LogP contribution in [-0.4, -0.2) is 29.5 Å². The molecule has 2 atom stereocenters. The number of aromatic amines is 1. The number of nitrogens with zero attached hydrogens (tertiary/aromatic N) is 1. The number of aromatic nitrogens is 2. The molecule has 2 N–H and O–H groups in total. The van der Waals surface area contributed by atoms with Gasteiger partial charge in [0.25, 0.3) is 0 Å². The van der Waals surface area contributed by atoms with E-state index < -0.39 is 0 Å². The molecule has 1 aliphatic heterocycles. The van der Waals surface area contributed by atoms with Gasteiger partial charge in [-0.05, 0) is 18.4 Å². The SMILES string of the molecule is CC1COCCC1NCc1ccn[nH]1. The van der Waals surface area contributed by atoms with Crippen molar-refractivity contribution in [2.24, 2.45) is 5.92 Å². The standard InChI is InChI=1S/C10H17N3O/c1-8-7-14-5-3-10(8)11-6-9-2-4-12-13-9/h2,4,8,10-11H,3,5-7H2,1H3,(H,12,13). The molecule has 4 nitrogen and oxygen atoms in total. The van der Waals surface area contributed by atoms with Crippen LogP contribution in [-0.2, 0) is 11.3 Å². The van der Waals surface area contributed by atoms with Gasteiger partial charge in [0, 0.05) is 31.1 Å². The lowest BCUT2D eigenvalue weighted by molar-refractivity contribution is 0.0385. The zero-order valence-electron chi connectivity index (χ0n) is 8.49. The third-order valence-corrected chi connectivity index (χ3v) is 2.75. The molecule has 0 saturated carbocycles. The molecular weight excluding hydrogens is 178 g/mol.